The van der Waals surface area contributed by atoms with Crippen molar-refractivity contribution in [3.8, 4) is 5.88 Å². The first-order chi connectivity index (χ1) is 7.15. The zero-order valence-corrected chi connectivity index (χ0v) is 9.91. The summed E-state index contributed by atoms with van der Waals surface area (Å²) in [6.45, 7) is 4.35. The van der Waals surface area contributed by atoms with E-state index >= 15 is 0 Å². The fourth-order valence-corrected chi connectivity index (χ4v) is 1.18. The van der Waals surface area contributed by atoms with Crippen LogP contribution in [0.1, 0.15) is 26.1 Å². The summed E-state index contributed by atoms with van der Waals surface area (Å²) in [5, 5.41) is 0.371. The molecule has 4 nitrogen and oxygen atoms in total. The molecular weight excluding hydrogens is 216 g/mol. The number of ether oxygens (including phenoxy) is 2. The molecule has 0 saturated heterocycles. The van der Waals surface area contributed by atoms with Gasteiger partial charge in [0, 0.05) is 13.2 Å². The van der Waals surface area contributed by atoms with Crippen molar-refractivity contribution in [2.75, 3.05) is 7.11 Å². The van der Waals surface area contributed by atoms with Gasteiger partial charge in [-0.25, -0.2) is 4.98 Å². The van der Waals surface area contributed by atoms with Gasteiger partial charge in [-0.1, -0.05) is 18.5 Å². The molecule has 1 unspecified atom stereocenters. The Kier molecular flexibility index (Phi) is 4.78. The molecule has 84 valence electrons. The third-order valence-corrected chi connectivity index (χ3v) is 2.08. The lowest BCUT2D eigenvalue weighted by molar-refractivity contribution is 0.172. The first-order valence-electron chi connectivity index (χ1n) is 4.84. The van der Waals surface area contributed by atoms with Crippen LogP contribution in [0.5, 0.6) is 5.88 Å². The average molecular weight is 231 g/mol. The van der Waals surface area contributed by atoms with Crippen molar-refractivity contribution in [3.05, 3.63) is 17.0 Å². The van der Waals surface area contributed by atoms with Crippen molar-refractivity contribution < 1.29 is 9.47 Å². The second kappa shape index (κ2) is 5.88. The number of methoxy groups -OCH3 is 1. The summed E-state index contributed by atoms with van der Waals surface area (Å²) >= 11 is 5.83. The molecule has 1 aromatic heterocycles. The molecule has 0 N–H and O–H groups in total. The van der Waals surface area contributed by atoms with Gasteiger partial charge in [-0.2, -0.15) is 4.98 Å². The molecule has 0 aromatic carbocycles. The van der Waals surface area contributed by atoms with Crippen molar-refractivity contribution in [1.82, 2.24) is 9.97 Å². The molecule has 0 amide bonds. The molecule has 0 bridgehead atoms. The van der Waals surface area contributed by atoms with E-state index in [1.165, 1.54) is 0 Å². The standard InChI is InChI=1S/C10H15ClN2O2/c1-4-7(2)15-10-5-8(11)12-9(13-10)6-14-3/h5,7H,4,6H2,1-3H3. The van der Waals surface area contributed by atoms with E-state index in [-0.39, 0.29) is 6.10 Å². The van der Waals surface area contributed by atoms with Crippen molar-refractivity contribution in [3.63, 3.8) is 0 Å². The number of hydrogen-bond acceptors (Lipinski definition) is 4. The van der Waals surface area contributed by atoms with Gasteiger partial charge >= 0.3 is 0 Å². The summed E-state index contributed by atoms with van der Waals surface area (Å²) < 4.78 is 10.5. The first kappa shape index (κ1) is 12.2. The maximum Gasteiger partial charge on any atom is 0.218 e. The van der Waals surface area contributed by atoms with E-state index in [4.69, 9.17) is 21.1 Å². The molecule has 0 aliphatic heterocycles. The number of hydrogen-bond donors (Lipinski definition) is 0. The van der Waals surface area contributed by atoms with Gasteiger partial charge in [-0.15, -0.1) is 0 Å². The van der Waals surface area contributed by atoms with Gasteiger partial charge in [0.1, 0.15) is 11.8 Å². The van der Waals surface area contributed by atoms with Crippen molar-refractivity contribution >= 4 is 11.6 Å². The minimum Gasteiger partial charge on any atom is -0.475 e. The van der Waals surface area contributed by atoms with Crippen molar-refractivity contribution in [1.29, 1.82) is 0 Å². The highest BCUT2D eigenvalue weighted by Gasteiger charge is 2.06. The number of halogens is 1. The van der Waals surface area contributed by atoms with Crippen LogP contribution in [-0.2, 0) is 11.3 Å². The van der Waals surface area contributed by atoms with Crippen LogP contribution in [-0.4, -0.2) is 23.2 Å². The highest BCUT2D eigenvalue weighted by Crippen LogP contribution is 2.16. The molecule has 1 atom stereocenters. The Balaban J connectivity index is 2.78. The van der Waals surface area contributed by atoms with Gasteiger partial charge in [-0.05, 0) is 13.3 Å². The minimum atomic E-state index is 0.117. The fraction of sp³-hybridized carbons (Fsp3) is 0.600. The molecular formula is C10H15ClN2O2. The predicted octanol–water partition coefficient (Wildman–Crippen LogP) is 2.45. The highest BCUT2D eigenvalue weighted by atomic mass is 35.5. The van der Waals surface area contributed by atoms with Gasteiger partial charge in [-0.3, -0.25) is 0 Å². The molecule has 1 aromatic rings. The Hall–Kier alpha value is -0.870. The van der Waals surface area contributed by atoms with Crippen molar-refractivity contribution in [2.24, 2.45) is 0 Å². The van der Waals surface area contributed by atoms with E-state index in [1.807, 2.05) is 13.8 Å². The van der Waals surface area contributed by atoms with Crippen molar-refractivity contribution in [2.45, 2.75) is 33.0 Å². The number of aromatic nitrogens is 2. The molecule has 0 fully saturated rings. The van der Waals surface area contributed by atoms with E-state index in [0.29, 0.717) is 23.5 Å². The third-order valence-electron chi connectivity index (χ3n) is 1.89. The topological polar surface area (TPSA) is 44.2 Å². The summed E-state index contributed by atoms with van der Waals surface area (Å²) in [6.07, 6.45) is 1.03. The quantitative estimate of drug-likeness (QED) is 0.729. The molecule has 0 aliphatic carbocycles. The van der Waals surface area contributed by atoms with E-state index < -0.39 is 0 Å². The Morgan fingerprint density at radius 2 is 2.20 bits per heavy atom. The largest absolute Gasteiger partial charge is 0.475 e. The molecule has 0 spiro atoms. The van der Waals surface area contributed by atoms with E-state index in [2.05, 4.69) is 9.97 Å². The molecule has 0 saturated carbocycles. The van der Waals surface area contributed by atoms with Crippen LogP contribution in [0.25, 0.3) is 0 Å². The van der Waals surface area contributed by atoms with Crippen LogP contribution < -0.4 is 4.74 Å². The Morgan fingerprint density at radius 1 is 1.47 bits per heavy atom. The second-order valence-electron chi connectivity index (χ2n) is 3.21. The van der Waals surface area contributed by atoms with Gasteiger partial charge in [0.05, 0.1) is 6.10 Å². The van der Waals surface area contributed by atoms with Crippen LogP contribution in [0.4, 0.5) is 0 Å². The molecule has 1 rings (SSSR count). The highest BCUT2D eigenvalue weighted by molar-refractivity contribution is 6.29. The third kappa shape index (κ3) is 4.01. The number of rotatable bonds is 5. The van der Waals surface area contributed by atoms with Gasteiger partial charge in [0.2, 0.25) is 5.88 Å². The van der Waals surface area contributed by atoms with E-state index in [9.17, 15) is 0 Å². The smallest absolute Gasteiger partial charge is 0.218 e. The van der Waals surface area contributed by atoms with E-state index in [1.54, 1.807) is 13.2 Å². The lowest BCUT2D eigenvalue weighted by Crippen LogP contribution is -2.12. The maximum atomic E-state index is 5.83. The first-order valence-corrected chi connectivity index (χ1v) is 5.22. The molecule has 15 heavy (non-hydrogen) atoms. The van der Waals surface area contributed by atoms with Crippen LogP contribution in [0.3, 0.4) is 0 Å². The summed E-state index contributed by atoms with van der Waals surface area (Å²) in [6, 6.07) is 1.60. The normalized spacial score (nSPS) is 12.5. The van der Waals surface area contributed by atoms with E-state index in [0.717, 1.165) is 6.42 Å². The monoisotopic (exact) mass is 230 g/mol. The van der Waals surface area contributed by atoms with Crippen LogP contribution in [0, 0.1) is 0 Å². The van der Waals surface area contributed by atoms with Gasteiger partial charge in [0.25, 0.3) is 0 Å². The minimum absolute atomic E-state index is 0.117. The van der Waals surface area contributed by atoms with Gasteiger partial charge in [0.15, 0.2) is 5.82 Å². The molecule has 1 heterocycles. The molecule has 0 aliphatic rings. The lowest BCUT2D eigenvalue weighted by atomic mass is 10.3. The summed E-state index contributed by atoms with van der Waals surface area (Å²) in [4.78, 5) is 8.17. The van der Waals surface area contributed by atoms with Crippen LogP contribution in [0.2, 0.25) is 5.15 Å². The SMILES string of the molecule is CCC(C)Oc1cc(Cl)nc(COC)n1. The Morgan fingerprint density at radius 3 is 2.80 bits per heavy atom. The molecule has 0 radical (unpaired) electrons. The van der Waals surface area contributed by atoms with Gasteiger partial charge < -0.3 is 9.47 Å². The zero-order chi connectivity index (χ0) is 11.3. The zero-order valence-electron chi connectivity index (χ0n) is 9.16. The van der Waals surface area contributed by atoms with Crippen LogP contribution >= 0.6 is 11.6 Å². The number of nitrogens with zero attached hydrogens (tertiary/aromatic N) is 2. The predicted molar refractivity (Wildman–Crippen MR) is 58.1 cm³/mol. The Labute approximate surface area is 94.6 Å². The fourth-order valence-electron chi connectivity index (χ4n) is 0.985. The average Bonchev–Trinajstić information content (AvgIpc) is 2.17. The van der Waals surface area contributed by atoms with Crippen LogP contribution in [0.15, 0.2) is 6.07 Å². The second-order valence-corrected chi connectivity index (χ2v) is 3.60. The summed E-state index contributed by atoms with van der Waals surface area (Å²) in [7, 11) is 1.58. The Bertz CT molecular complexity index is 320. The maximum absolute atomic E-state index is 5.83. The summed E-state index contributed by atoms with van der Waals surface area (Å²) in [5.74, 6) is 1.03. The summed E-state index contributed by atoms with van der Waals surface area (Å²) in [5.41, 5.74) is 0. The molecule has 5 heteroatoms. The lowest BCUT2D eigenvalue weighted by Gasteiger charge is -2.12.